The van der Waals surface area contributed by atoms with Crippen molar-refractivity contribution in [2.24, 2.45) is 5.41 Å². The maximum absolute atomic E-state index is 12.1. The molecule has 0 unspecified atom stereocenters. The molecule has 2 rings (SSSR count). The Hall–Kier alpha value is -2.30. The highest BCUT2D eigenvalue weighted by Gasteiger charge is 2.27. The molecule has 3 N–H and O–H groups in total. The van der Waals surface area contributed by atoms with Crippen molar-refractivity contribution >= 4 is 22.8 Å². The van der Waals surface area contributed by atoms with Crippen LogP contribution in [-0.2, 0) is 4.79 Å². The molecule has 19 heavy (non-hydrogen) atoms. The van der Waals surface area contributed by atoms with Gasteiger partial charge in [0.1, 0.15) is 0 Å². The maximum atomic E-state index is 12.1. The van der Waals surface area contributed by atoms with Gasteiger partial charge in [-0.15, -0.1) is 0 Å². The number of benzene rings is 1. The number of carbonyl (C=O) groups is 2. The van der Waals surface area contributed by atoms with Gasteiger partial charge in [0, 0.05) is 29.2 Å². The lowest BCUT2D eigenvalue weighted by atomic mass is 9.94. The van der Waals surface area contributed by atoms with Crippen LogP contribution >= 0.6 is 0 Å². The van der Waals surface area contributed by atoms with Gasteiger partial charge >= 0.3 is 5.97 Å². The van der Waals surface area contributed by atoms with E-state index in [1.807, 2.05) is 12.1 Å². The van der Waals surface area contributed by atoms with Crippen molar-refractivity contribution in [1.82, 2.24) is 10.3 Å². The Morgan fingerprint density at radius 3 is 2.74 bits per heavy atom. The number of hydrogen-bond donors (Lipinski definition) is 3. The lowest BCUT2D eigenvalue weighted by molar-refractivity contribution is -0.146. The number of rotatable bonds is 4. The molecule has 1 amide bonds. The number of carboxylic acids is 1. The monoisotopic (exact) mass is 260 g/mol. The second-order valence-electron chi connectivity index (χ2n) is 5.12. The number of aliphatic carboxylic acids is 1. The fraction of sp³-hybridized carbons (Fsp3) is 0.286. The van der Waals surface area contributed by atoms with Crippen LogP contribution in [0.15, 0.2) is 30.5 Å². The van der Waals surface area contributed by atoms with Crippen LogP contribution in [0.1, 0.15) is 24.2 Å². The first-order chi connectivity index (χ1) is 8.92. The zero-order valence-electron chi connectivity index (χ0n) is 10.9. The van der Waals surface area contributed by atoms with Gasteiger partial charge in [-0.3, -0.25) is 9.59 Å². The summed E-state index contributed by atoms with van der Waals surface area (Å²) in [5.74, 6) is -1.20. The van der Waals surface area contributed by atoms with Crippen LogP contribution in [0.5, 0.6) is 0 Å². The summed E-state index contributed by atoms with van der Waals surface area (Å²) in [5, 5.41) is 12.5. The fourth-order valence-corrected chi connectivity index (χ4v) is 1.76. The van der Waals surface area contributed by atoms with Gasteiger partial charge in [0.15, 0.2) is 0 Å². The minimum absolute atomic E-state index is 0.0853. The third-order valence-electron chi connectivity index (χ3n) is 3.11. The first-order valence-corrected chi connectivity index (χ1v) is 5.99. The molecule has 5 nitrogen and oxygen atoms in total. The minimum atomic E-state index is -0.984. The third kappa shape index (κ3) is 2.59. The predicted molar refractivity (Wildman–Crippen MR) is 72.0 cm³/mol. The normalized spacial score (nSPS) is 11.5. The van der Waals surface area contributed by atoms with Crippen LogP contribution in [-0.4, -0.2) is 28.5 Å². The van der Waals surface area contributed by atoms with E-state index in [-0.39, 0.29) is 12.5 Å². The smallest absolute Gasteiger partial charge is 0.310 e. The zero-order chi connectivity index (χ0) is 14.0. The molecule has 5 heteroatoms. The second kappa shape index (κ2) is 4.76. The summed E-state index contributed by atoms with van der Waals surface area (Å²) in [4.78, 5) is 26.1. The van der Waals surface area contributed by atoms with Crippen molar-refractivity contribution in [1.29, 1.82) is 0 Å². The molecule has 1 aromatic carbocycles. The van der Waals surface area contributed by atoms with Crippen molar-refractivity contribution in [3.05, 3.63) is 36.0 Å². The van der Waals surface area contributed by atoms with E-state index >= 15 is 0 Å². The molecule has 2 aromatic rings. The largest absolute Gasteiger partial charge is 0.481 e. The fourth-order valence-electron chi connectivity index (χ4n) is 1.76. The number of aromatic amines is 1. The number of H-pyrrole nitrogens is 1. The highest BCUT2D eigenvalue weighted by Crippen LogP contribution is 2.18. The maximum Gasteiger partial charge on any atom is 0.310 e. The number of aromatic nitrogens is 1. The molecule has 1 heterocycles. The highest BCUT2D eigenvalue weighted by atomic mass is 16.4. The van der Waals surface area contributed by atoms with E-state index in [9.17, 15) is 9.59 Å². The summed E-state index contributed by atoms with van der Waals surface area (Å²) < 4.78 is 0. The Kier molecular flexibility index (Phi) is 3.29. The van der Waals surface area contributed by atoms with E-state index in [0.717, 1.165) is 10.9 Å². The molecule has 0 atom stereocenters. The average molecular weight is 260 g/mol. The van der Waals surface area contributed by atoms with Gasteiger partial charge in [-0.2, -0.15) is 0 Å². The topological polar surface area (TPSA) is 82.2 Å². The van der Waals surface area contributed by atoms with Crippen molar-refractivity contribution in [2.75, 3.05) is 6.54 Å². The molecule has 0 radical (unpaired) electrons. The SMILES string of the molecule is CC(C)(CNC(=O)c1cccc2[nH]ccc12)C(=O)O. The van der Waals surface area contributed by atoms with Gasteiger partial charge in [0.25, 0.3) is 5.91 Å². The van der Waals surface area contributed by atoms with Gasteiger partial charge in [0.05, 0.1) is 5.41 Å². The molecule has 0 fully saturated rings. The van der Waals surface area contributed by atoms with Crippen LogP contribution in [0.2, 0.25) is 0 Å². The number of amides is 1. The van der Waals surface area contributed by atoms with Gasteiger partial charge < -0.3 is 15.4 Å². The standard InChI is InChI=1S/C14H16N2O3/c1-14(2,13(18)19)8-16-12(17)10-4-3-5-11-9(10)6-7-15-11/h3-7,15H,8H2,1-2H3,(H,16,17)(H,18,19). The summed E-state index contributed by atoms with van der Waals surface area (Å²) in [5.41, 5.74) is 0.437. The lowest BCUT2D eigenvalue weighted by Gasteiger charge is -2.19. The summed E-state index contributed by atoms with van der Waals surface area (Å²) in [7, 11) is 0. The molecule has 0 saturated heterocycles. The van der Waals surface area contributed by atoms with Crippen LogP contribution < -0.4 is 5.32 Å². The van der Waals surface area contributed by atoms with Gasteiger partial charge in [-0.25, -0.2) is 0 Å². The summed E-state index contributed by atoms with van der Waals surface area (Å²) in [6.07, 6.45) is 1.77. The lowest BCUT2D eigenvalue weighted by Crippen LogP contribution is -2.38. The number of carbonyl (C=O) groups excluding carboxylic acids is 1. The summed E-state index contributed by atoms with van der Waals surface area (Å²) in [6.45, 7) is 3.24. The number of carboxylic acid groups (broad SMARTS) is 1. The van der Waals surface area contributed by atoms with Crippen LogP contribution in [0, 0.1) is 5.41 Å². The van der Waals surface area contributed by atoms with E-state index < -0.39 is 11.4 Å². The minimum Gasteiger partial charge on any atom is -0.481 e. The van der Waals surface area contributed by atoms with Crippen molar-refractivity contribution in [3.8, 4) is 0 Å². The van der Waals surface area contributed by atoms with Crippen LogP contribution in [0.25, 0.3) is 10.9 Å². The Bertz CT molecular complexity index is 628. The molecule has 0 aliphatic heterocycles. The Morgan fingerprint density at radius 2 is 2.05 bits per heavy atom. The zero-order valence-corrected chi connectivity index (χ0v) is 10.9. The van der Waals surface area contributed by atoms with Gasteiger partial charge in [-0.1, -0.05) is 6.07 Å². The molecule has 1 aromatic heterocycles. The van der Waals surface area contributed by atoms with E-state index in [2.05, 4.69) is 10.3 Å². The first-order valence-electron chi connectivity index (χ1n) is 5.99. The molecular formula is C14H16N2O3. The molecule has 0 aliphatic carbocycles. The quantitative estimate of drug-likeness (QED) is 0.786. The summed E-state index contributed by atoms with van der Waals surface area (Å²) >= 11 is 0. The predicted octanol–water partition coefficient (Wildman–Crippen LogP) is 2.01. The van der Waals surface area contributed by atoms with Gasteiger partial charge in [0.2, 0.25) is 0 Å². The van der Waals surface area contributed by atoms with Crippen molar-refractivity contribution in [2.45, 2.75) is 13.8 Å². The molecule has 0 aliphatic rings. The highest BCUT2D eigenvalue weighted by molar-refractivity contribution is 6.06. The van der Waals surface area contributed by atoms with Crippen LogP contribution in [0.4, 0.5) is 0 Å². The molecule has 0 bridgehead atoms. The van der Waals surface area contributed by atoms with Crippen LogP contribution in [0.3, 0.4) is 0 Å². The Labute approximate surface area is 110 Å². The van der Waals surface area contributed by atoms with Crippen molar-refractivity contribution < 1.29 is 14.7 Å². The Balaban J connectivity index is 2.17. The Morgan fingerprint density at radius 1 is 1.32 bits per heavy atom. The average Bonchev–Trinajstić information content (AvgIpc) is 2.83. The molecule has 0 saturated carbocycles. The van der Waals surface area contributed by atoms with E-state index in [0.29, 0.717) is 5.56 Å². The number of nitrogens with one attached hydrogen (secondary N) is 2. The van der Waals surface area contributed by atoms with E-state index in [1.165, 1.54) is 0 Å². The molecule has 100 valence electrons. The molecule has 0 spiro atoms. The van der Waals surface area contributed by atoms with E-state index in [1.54, 1.807) is 32.2 Å². The third-order valence-corrected chi connectivity index (χ3v) is 3.11. The second-order valence-corrected chi connectivity index (χ2v) is 5.12. The number of fused-ring (bicyclic) bond motifs is 1. The molecular weight excluding hydrogens is 244 g/mol. The van der Waals surface area contributed by atoms with E-state index in [4.69, 9.17) is 5.11 Å². The first kappa shape index (κ1) is 13.1. The number of hydrogen-bond acceptors (Lipinski definition) is 2. The van der Waals surface area contributed by atoms with Crippen molar-refractivity contribution in [3.63, 3.8) is 0 Å². The van der Waals surface area contributed by atoms with Gasteiger partial charge in [-0.05, 0) is 32.0 Å². The summed E-state index contributed by atoms with van der Waals surface area (Å²) in [6, 6.07) is 7.22.